The Balaban J connectivity index is 1.69. The third-order valence-corrected chi connectivity index (χ3v) is 5.05. The lowest BCUT2D eigenvalue weighted by atomic mass is 10.0. The summed E-state index contributed by atoms with van der Waals surface area (Å²) in [6, 6.07) is 4.67. The predicted molar refractivity (Wildman–Crippen MR) is 101 cm³/mol. The number of unbranched alkanes of at least 4 members (excludes halogenated alkanes) is 1. The van der Waals surface area contributed by atoms with Crippen LogP contribution in [0.2, 0.25) is 0 Å². The van der Waals surface area contributed by atoms with Crippen molar-refractivity contribution in [2.45, 2.75) is 26.7 Å². The summed E-state index contributed by atoms with van der Waals surface area (Å²) in [6.45, 7) is 6.04. The standard InChI is InChI=1S/C20H25N3O5/c1-3-5-8-23-18(25)15-7-6-14(13-16(15)19(23)26)17(24)21-9-11-22(12-10-21)20(27)28-4-2/h6-7,13H,3-5,8-12H2,1-2H3. The number of hydrogen-bond donors (Lipinski definition) is 0. The first-order valence-electron chi connectivity index (χ1n) is 9.69. The van der Waals surface area contributed by atoms with Gasteiger partial charge < -0.3 is 14.5 Å². The number of hydrogen-bond acceptors (Lipinski definition) is 5. The number of rotatable bonds is 5. The predicted octanol–water partition coefficient (Wildman–Crippen LogP) is 2.00. The highest BCUT2D eigenvalue weighted by Crippen LogP contribution is 2.25. The van der Waals surface area contributed by atoms with E-state index in [2.05, 4.69) is 0 Å². The van der Waals surface area contributed by atoms with Gasteiger partial charge in [-0.05, 0) is 31.5 Å². The molecular weight excluding hydrogens is 362 g/mol. The molecule has 0 aromatic heterocycles. The number of ether oxygens (including phenoxy) is 1. The Morgan fingerprint density at radius 2 is 1.61 bits per heavy atom. The first-order chi connectivity index (χ1) is 13.5. The van der Waals surface area contributed by atoms with Crippen molar-refractivity contribution in [1.29, 1.82) is 0 Å². The van der Waals surface area contributed by atoms with Gasteiger partial charge in [-0.2, -0.15) is 0 Å². The Morgan fingerprint density at radius 3 is 2.25 bits per heavy atom. The largest absolute Gasteiger partial charge is 0.450 e. The summed E-state index contributed by atoms with van der Waals surface area (Å²) in [6.07, 6.45) is 1.26. The maximum Gasteiger partial charge on any atom is 0.409 e. The third kappa shape index (κ3) is 3.72. The first-order valence-corrected chi connectivity index (χ1v) is 9.69. The fourth-order valence-corrected chi connectivity index (χ4v) is 3.43. The molecule has 2 heterocycles. The van der Waals surface area contributed by atoms with E-state index in [1.165, 1.54) is 11.0 Å². The van der Waals surface area contributed by atoms with Crippen LogP contribution in [0, 0.1) is 0 Å². The Kier molecular flexibility index (Phi) is 5.96. The van der Waals surface area contributed by atoms with E-state index >= 15 is 0 Å². The summed E-state index contributed by atoms with van der Waals surface area (Å²) in [5.41, 5.74) is 1.02. The lowest BCUT2D eigenvalue weighted by Gasteiger charge is -2.34. The molecule has 2 aliphatic heterocycles. The SMILES string of the molecule is CCCCN1C(=O)c2ccc(C(=O)N3CCN(C(=O)OCC)CC3)cc2C1=O. The van der Waals surface area contributed by atoms with E-state index < -0.39 is 0 Å². The molecule has 1 aromatic rings. The number of fused-ring (bicyclic) bond motifs is 1. The van der Waals surface area contributed by atoms with E-state index in [0.29, 0.717) is 50.5 Å². The van der Waals surface area contributed by atoms with Crippen LogP contribution in [-0.4, -0.2) is 77.8 Å². The number of carbonyl (C=O) groups is 4. The average Bonchev–Trinajstić information content (AvgIpc) is 2.95. The van der Waals surface area contributed by atoms with E-state index in [9.17, 15) is 19.2 Å². The van der Waals surface area contributed by atoms with E-state index in [1.54, 1.807) is 28.9 Å². The molecule has 8 nitrogen and oxygen atoms in total. The molecule has 2 aliphatic rings. The van der Waals surface area contributed by atoms with E-state index in [4.69, 9.17) is 4.74 Å². The minimum Gasteiger partial charge on any atom is -0.450 e. The fraction of sp³-hybridized carbons (Fsp3) is 0.500. The van der Waals surface area contributed by atoms with Crippen molar-refractivity contribution in [2.24, 2.45) is 0 Å². The molecule has 150 valence electrons. The topological polar surface area (TPSA) is 87.2 Å². The van der Waals surface area contributed by atoms with Gasteiger partial charge in [0, 0.05) is 38.3 Å². The van der Waals surface area contributed by atoms with Gasteiger partial charge in [-0.25, -0.2) is 4.79 Å². The Morgan fingerprint density at radius 1 is 0.964 bits per heavy atom. The van der Waals surface area contributed by atoms with Gasteiger partial charge in [0.15, 0.2) is 0 Å². The first kappa shape index (κ1) is 19.9. The number of carbonyl (C=O) groups excluding carboxylic acids is 4. The van der Waals surface area contributed by atoms with Crippen LogP contribution >= 0.6 is 0 Å². The molecule has 28 heavy (non-hydrogen) atoms. The second-order valence-electron chi connectivity index (χ2n) is 6.85. The van der Waals surface area contributed by atoms with Crippen molar-refractivity contribution in [3.63, 3.8) is 0 Å². The molecule has 0 bridgehead atoms. The van der Waals surface area contributed by atoms with Crippen LogP contribution in [0.25, 0.3) is 0 Å². The number of nitrogens with zero attached hydrogens (tertiary/aromatic N) is 3. The quantitative estimate of drug-likeness (QED) is 0.721. The lowest BCUT2D eigenvalue weighted by molar-refractivity contribution is 0.0570. The fourth-order valence-electron chi connectivity index (χ4n) is 3.43. The zero-order valence-electron chi connectivity index (χ0n) is 16.3. The molecule has 0 unspecified atom stereocenters. The highest BCUT2D eigenvalue weighted by molar-refractivity contribution is 6.22. The summed E-state index contributed by atoms with van der Waals surface area (Å²) in [4.78, 5) is 54.0. The Labute approximate surface area is 164 Å². The van der Waals surface area contributed by atoms with Crippen LogP contribution in [0.1, 0.15) is 57.8 Å². The van der Waals surface area contributed by atoms with E-state index in [-0.39, 0.29) is 29.4 Å². The highest BCUT2D eigenvalue weighted by Gasteiger charge is 2.36. The molecule has 0 radical (unpaired) electrons. The zero-order valence-corrected chi connectivity index (χ0v) is 16.3. The smallest absolute Gasteiger partial charge is 0.409 e. The van der Waals surface area contributed by atoms with Gasteiger partial charge in [0.2, 0.25) is 0 Å². The maximum atomic E-state index is 12.8. The van der Waals surface area contributed by atoms with Crippen molar-refractivity contribution in [2.75, 3.05) is 39.3 Å². The van der Waals surface area contributed by atoms with Crippen LogP contribution in [0.5, 0.6) is 0 Å². The molecule has 1 aromatic carbocycles. The second kappa shape index (κ2) is 8.41. The van der Waals surface area contributed by atoms with Gasteiger partial charge in [0.05, 0.1) is 17.7 Å². The van der Waals surface area contributed by atoms with Gasteiger partial charge in [-0.3, -0.25) is 19.3 Å². The van der Waals surface area contributed by atoms with Crippen molar-refractivity contribution >= 4 is 23.8 Å². The number of imide groups is 1. The highest BCUT2D eigenvalue weighted by atomic mass is 16.6. The summed E-state index contributed by atoms with van der Waals surface area (Å²) in [5.74, 6) is -0.843. The number of amides is 4. The third-order valence-electron chi connectivity index (χ3n) is 5.05. The summed E-state index contributed by atoms with van der Waals surface area (Å²) in [5, 5.41) is 0. The Bertz CT molecular complexity index is 799. The van der Waals surface area contributed by atoms with Gasteiger partial charge in [0.25, 0.3) is 17.7 Å². The molecule has 0 spiro atoms. The van der Waals surface area contributed by atoms with Gasteiger partial charge >= 0.3 is 6.09 Å². The number of benzene rings is 1. The van der Waals surface area contributed by atoms with Gasteiger partial charge in [-0.1, -0.05) is 13.3 Å². The van der Waals surface area contributed by atoms with Crippen LogP contribution in [0.15, 0.2) is 18.2 Å². The molecule has 8 heteroatoms. The molecule has 0 saturated carbocycles. The van der Waals surface area contributed by atoms with Crippen LogP contribution in [-0.2, 0) is 4.74 Å². The van der Waals surface area contributed by atoms with Crippen molar-refractivity contribution in [3.8, 4) is 0 Å². The number of piperazine rings is 1. The molecule has 3 rings (SSSR count). The summed E-state index contributed by atoms with van der Waals surface area (Å²) in [7, 11) is 0. The van der Waals surface area contributed by atoms with E-state index in [0.717, 1.165) is 12.8 Å². The minimum atomic E-state index is -0.372. The maximum absolute atomic E-state index is 12.8. The summed E-state index contributed by atoms with van der Waals surface area (Å²) < 4.78 is 4.98. The molecule has 1 saturated heterocycles. The van der Waals surface area contributed by atoms with Crippen molar-refractivity contribution in [1.82, 2.24) is 14.7 Å². The normalized spacial score (nSPS) is 16.4. The van der Waals surface area contributed by atoms with Crippen molar-refractivity contribution in [3.05, 3.63) is 34.9 Å². The monoisotopic (exact) mass is 387 g/mol. The van der Waals surface area contributed by atoms with Crippen molar-refractivity contribution < 1.29 is 23.9 Å². The summed E-state index contributed by atoms with van der Waals surface area (Å²) >= 11 is 0. The average molecular weight is 387 g/mol. The van der Waals surface area contributed by atoms with Gasteiger partial charge in [-0.15, -0.1) is 0 Å². The van der Waals surface area contributed by atoms with Crippen LogP contribution in [0.3, 0.4) is 0 Å². The second-order valence-corrected chi connectivity index (χ2v) is 6.85. The molecule has 4 amide bonds. The van der Waals surface area contributed by atoms with Gasteiger partial charge in [0.1, 0.15) is 0 Å². The van der Waals surface area contributed by atoms with Crippen LogP contribution < -0.4 is 0 Å². The lowest BCUT2D eigenvalue weighted by Crippen LogP contribution is -2.50. The molecule has 0 aliphatic carbocycles. The molecular formula is C20H25N3O5. The molecule has 1 fully saturated rings. The minimum absolute atomic E-state index is 0.210. The molecule has 0 atom stereocenters. The molecule has 0 N–H and O–H groups in total. The van der Waals surface area contributed by atoms with E-state index in [1.807, 2.05) is 6.92 Å². The Hall–Kier alpha value is -2.90. The van der Waals surface area contributed by atoms with Crippen LogP contribution in [0.4, 0.5) is 4.79 Å². The zero-order chi connectivity index (χ0) is 20.3.